The second-order valence-electron chi connectivity index (χ2n) is 4.37. The van der Waals surface area contributed by atoms with Crippen molar-refractivity contribution in [1.29, 1.82) is 0 Å². The zero-order valence-electron chi connectivity index (χ0n) is 9.36. The Morgan fingerprint density at radius 2 is 2.20 bits per heavy atom. The molecule has 2 heteroatoms. The van der Waals surface area contributed by atoms with Gasteiger partial charge < -0.3 is 4.90 Å². The van der Waals surface area contributed by atoms with Crippen LogP contribution in [0.3, 0.4) is 0 Å². The number of carbonyl (C=O) groups excluding carboxylic acids is 1. The number of benzene rings is 1. The molecule has 0 N–H and O–H groups in total. The average Bonchev–Trinajstić information content (AvgIpc) is 2.97. The highest BCUT2D eigenvalue weighted by atomic mass is 16.2. The van der Waals surface area contributed by atoms with Crippen LogP contribution in [0.4, 0.5) is 0 Å². The molecule has 1 saturated carbocycles. The van der Waals surface area contributed by atoms with Gasteiger partial charge in [-0.05, 0) is 25.3 Å². The summed E-state index contributed by atoms with van der Waals surface area (Å²) in [6.07, 6.45) is 2.34. The summed E-state index contributed by atoms with van der Waals surface area (Å²) in [6, 6.07) is 8.88. The van der Waals surface area contributed by atoms with Gasteiger partial charge in [0.05, 0.1) is 0 Å². The predicted molar refractivity (Wildman–Crippen MR) is 60.4 cm³/mol. The van der Waals surface area contributed by atoms with Crippen molar-refractivity contribution in [2.75, 3.05) is 0 Å². The van der Waals surface area contributed by atoms with E-state index in [4.69, 9.17) is 0 Å². The molecule has 15 heavy (non-hydrogen) atoms. The molecule has 2 rings (SSSR count). The minimum atomic E-state index is 0.194. The third kappa shape index (κ3) is 2.58. The summed E-state index contributed by atoms with van der Waals surface area (Å²) in [5.41, 5.74) is 2.49. The molecule has 2 nitrogen and oxygen atoms in total. The molecule has 0 heterocycles. The molecule has 0 atom stereocenters. The summed E-state index contributed by atoms with van der Waals surface area (Å²) in [6.45, 7) is 4.51. The van der Waals surface area contributed by atoms with E-state index < -0.39 is 0 Å². The Morgan fingerprint density at radius 3 is 2.73 bits per heavy atom. The predicted octanol–water partition coefficient (Wildman–Crippen LogP) is 2.51. The van der Waals surface area contributed by atoms with Gasteiger partial charge in [0, 0.05) is 19.5 Å². The van der Waals surface area contributed by atoms with Gasteiger partial charge in [-0.2, -0.15) is 0 Å². The minimum Gasteiger partial charge on any atom is -0.336 e. The summed E-state index contributed by atoms with van der Waals surface area (Å²) < 4.78 is 0. The molecule has 0 spiro atoms. The SMILES string of the molecule is CC(=O)N(Cc1cccc(C)c1)C1CC1. The number of hydrogen-bond donors (Lipinski definition) is 0. The molecular weight excluding hydrogens is 186 g/mol. The summed E-state index contributed by atoms with van der Waals surface area (Å²) in [5.74, 6) is 0.194. The number of rotatable bonds is 3. The summed E-state index contributed by atoms with van der Waals surface area (Å²) in [4.78, 5) is 13.4. The van der Waals surface area contributed by atoms with E-state index in [-0.39, 0.29) is 5.91 Å². The van der Waals surface area contributed by atoms with Crippen molar-refractivity contribution in [2.24, 2.45) is 0 Å². The first-order valence-electron chi connectivity index (χ1n) is 5.49. The number of nitrogens with zero attached hydrogens (tertiary/aromatic N) is 1. The van der Waals surface area contributed by atoms with Gasteiger partial charge in [0.25, 0.3) is 0 Å². The van der Waals surface area contributed by atoms with Crippen LogP contribution in [0.25, 0.3) is 0 Å². The normalized spacial score (nSPS) is 15.1. The fourth-order valence-corrected chi connectivity index (χ4v) is 1.89. The van der Waals surface area contributed by atoms with Crippen LogP contribution in [0.1, 0.15) is 30.9 Å². The smallest absolute Gasteiger partial charge is 0.219 e. The van der Waals surface area contributed by atoms with E-state index in [2.05, 4.69) is 31.2 Å². The first-order chi connectivity index (χ1) is 7.16. The lowest BCUT2D eigenvalue weighted by Crippen LogP contribution is -2.30. The van der Waals surface area contributed by atoms with Gasteiger partial charge in [-0.3, -0.25) is 4.79 Å². The van der Waals surface area contributed by atoms with Crippen molar-refractivity contribution < 1.29 is 4.79 Å². The molecule has 0 radical (unpaired) electrons. The molecule has 80 valence electrons. The zero-order valence-corrected chi connectivity index (χ0v) is 9.36. The molecule has 0 unspecified atom stereocenters. The Balaban J connectivity index is 2.08. The molecular formula is C13H17NO. The van der Waals surface area contributed by atoms with Crippen molar-refractivity contribution in [3.63, 3.8) is 0 Å². The fraction of sp³-hybridized carbons (Fsp3) is 0.462. The Hall–Kier alpha value is -1.31. The van der Waals surface area contributed by atoms with Crippen LogP contribution in [0.5, 0.6) is 0 Å². The van der Waals surface area contributed by atoms with Crippen molar-refractivity contribution in [2.45, 2.75) is 39.3 Å². The Bertz CT molecular complexity index is 369. The topological polar surface area (TPSA) is 20.3 Å². The highest BCUT2D eigenvalue weighted by molar-refractivity contribution is 5.74. The number of aryl methyl sites for hydroxylation is 1. The molecule has 1 aliphatic carbocycles. The van der Waals surface area contributed by atoms with E-state index in [9.17, 15) is 4.79 Å². The number of carbonyl (C=O) groups is 1. The fourth-order valence-electron chi connectivity index (χ4n) is 1.89. The maximum atomic E-state index is 11.4. The van der Waals surface area contributed by atoms with Crippen molar-refractivity contribution in [3.8, 4) is 0 Å². The second kappa shape index (κ2) is 4.05. The first-order valence-corrected chi connectivity index (χ1v) is 5.49. The van der Waals surface area contributed by atoms with E-state index in [0.717, 1.165) is 6.54 Å². The zero-order chi connectivity index (χ0) is 10.8. The van der Waals surface area contributed by atoms with Crippen LogP contribution in [0, 0.1) is 6.92 Å². The maximum absolute atomic E-state index is 11.4. The van der Waals surface area contributed by atoms with E-state index in [1.54, 1.807) is 6.92 Å². The highest BCUT2D eigenvalue weighted by Crippen LogP contribution is 2.28. The molecule has 1 aliphatic rings. The van der Waals surface area contributed by atoms with Gasteiger partial charge in [0.15, 0.2) is 0 Å². The third-order valence-electron chi connectivity index (χ3n) is 2.83. The third-order valence-corrected chi connectivity index (χ3v) is 2.83. The molecule has 1 aromatic rings. The molecule has 1 amide bonds. The van der Waals surface area contributed by atoms with Crippen LogP contribution in [0.2, 0.25) is 0 Å². The van der Waals surface area contributed by atoms with Gasteiger partial charge in [-0.15, -0.1) is 0 Å². The molecule has 0 bridgehead atoms. The molecule has 1 aromatic carbocycles. The molecule has 0 aromatic heterocycles. The van der Waals surface area contributed by atoms with Crippen LogP contribution >= 0.6 is 0 Å². The Labute approximate surface area is 90.9 Å². The molecule has 0 saturated heterocycles. The number of amides is 1. The largest absolute Gasteiger partial charge is 0.336 e. The van der Waals surface area contributed by atoms with Crippen LogP contribution < -0.4 is 0 Å². The van der Waals surface area contributed by atoms with E-state index in [1.807, 2.05) is 4.90 Å². The Morgan fingerprint density at radius 1 is 1.47 bits per heavy atom. The lowest BCUT2D eigenvalue weighted by Gasteiger charge is -2.20. The summed E-state index contributed by atoms with van der Waals surface area (Å²) in [7, 11) is 0. The van der Waals surface area contributed by atoms with Gasteiger partial charge >= 0.3 is 0 Å². The summed E-state index contributed by atoms with van der Waals surface area (Å²) >= 11 is 0. The lowest BCUT2D eigenvalue weighted by molar-refractivity contribution is -0.130. The second-order valence-corrected chi connectivity index (χ2v) is 4.37. The van der Waals surface area contributed by atoms with Crippen LogP contribution in [-0.4, -0.2) is 16.8 Å². The highest BCUT2D eigenvalue weighted by Gasteiger charge is 2.30. The maximum Gasteiger partial charge on any atom is 0.219 e. The number of hydrogen-bond acceptors (Lipinski definition) is 1. The standard InChI is InChI=1S/C13H17NO/c1-10-4-3-5-12(8-10)9-14(11(2)15)13-6-7-13/h3-5,8,13H,6-7,9H2,1-2H3. The van der Waals surface area contributed by atoms with E-state index >= 15 is 0 Å². The van der Waals surface area contributed by atoms with Gasteiger partial charge in [0.1, 0.15) is 0 Å². The molecule has 1 fully saturated rings. The van der Waals surface area contributed by atoms with Crippen LogP contribution in [-0.2, 0) is 11.3 Å². The van der Waals surface area contributed by atoms with E-state index in [0.29, 0.717) is 6.04 Å². The lowest BCUT2D eigenvalue weighted by atomic mass is 10.1. The molecule has 0 aliphatic heterocycles. The van der Waals surface area contributed by atoms with Gasteiger partial charge in [0.2, 0.25) is 5.91 Å². The van der Waals surface area contributed by atoms with Gasteiger partial charge in [-0.25, -0.2) is 0 Å². The minimum absolute atomic E-state index is 0.194. The monoisotopic (exact) mass is 203 g/mol. The van der Waals surface area contributed by atoms with Crippen molar-refractivity contribution >= 4 is 5.91 Å². The van der Waals surface area contributed by atoms with E-state index in [1.165, 1.54) is 24.0 Å². The average molecular weight is 203 g/mol. The van der Waals surface area contributed by atoms with Crippen molar-refractivity contribution in [1.82, 2.24) is 4.90 Å². The van der Waals surface area contributed by atoms with Gasteiger partial charge in [-0.1, -0.05) is 29.8 Å². The van der Waals surface area contributed by atoms with Crippen molar-refractivity contribution in [3.05, 3.63) is 35.4 Å². The Kier molecular flexibility index (Phi) is 2.76. The van der Waals surface area contributed by atoms with Crippen LogP contribution in [0.15, 0.2) is 24.3 Å². The first kappa shape index (κ1) is 10.2. The summed E-state index contributed by atoms with van der Waals surface area (Å²) in [5, 5.41) is 0. The quantitative estimate of drug-likeness (QED) is 0.739.